The normalized spacial score (nSPS) is 11.7. The molecule has 0 radical (unpaired) electrons. The van der Waals surface area contributed by atoms with E-state index in [1.54, 1.807) is 0 Å². The molecule has 112 valence electrons. The summed E-state index contributed by atoms with van der Waals surface area (Å²) in [6.07, 6.45) is 3.79. The SMILES string of the molecule is CCCCCC(CC)OS(=O)(=O)[O-].O=S(=O)([O-])[O-].[Na+].[Na+].[Na+]. The summed E-state index contributed by atoms with van der Waals surface area (Å²) in [5.74, 6) is 0. The molecule has 0 spiro atoms. The van der Waals surface area contributed by atoms with Crippen LogP contribution < -0.4 is 88.7 Å². The van der Waals surface area contributed by atoms with Gasteiger partial charge in [0.1, 0.15) is 0 Å². The molecule has 13 heteroatoms. The average molecular weight is 374 g/mol. The van der Waals surface area contributed by atoms with Crippen LogP contribution in [0.5, 0.6) is 0 Å². The molecule has 0 amide bonds. The van der Waals surface area contributed by atoms with Crippen LogP contribution in [-0.2, 0) is 25.0 Å². The zero-order chi connectivity index (χ0) is 14.8. The van der Waals surface area contributed by atoms with Crippen molar-refractivity contribution in [2.24, 2.45) is 0 Å². The standard InChI is InChI=1S/C8H18O4S.3Na.H2O4S/c1-3-5-6-7-8(4-2)12-13(9,10)11;;;;1-5(2,3)4/h8H,3-7H2,1-2H3,(H,9,10,11);;;;(H2,1,2,3,4)/q;3*+1;/p-3. The van der Waals surface area contributed by atoms with Crippen molar-refractivity contribution in [1.29, 1.82) is 0 Å². The maximum Gasteiger partial charge on any atom is 1.00 e. The van der Waals surface area contributed by atoms with Crippen LogP contribution >= 0.6 is 0 Å². The summed E-state index contributed by atoms with van der Waals surface area (Å²) in [5.41, 5.74) is 0. The summed E-state index contributed by atoms with van der Waals surface area (Å²) in [4.78, 5) is 0. The molecule has 0 N–H and O–H groups in total. The van der Waals surface area contributed by atoms with Gasteiger partial charge in [0.05, 0.1) is 6.10 Å². The van der Waals surface area contributed by atoms with Gasteiger partial charge in [-0.05, 0) is 12.8 Å². The van der Waals surface area contributed by atoms with Gasteiger partial charge in [-0.25, -0.2) is 8.42 Å². The second-order valence-corrected chi connectivity index (χ2v) is 5.26. The minimum absolute atomic E-state index is 0. The van der Waals surface area contributed by atoms with E-state index in [4.69, 9.17) is 17.5 Å². The van der Waals surface area contributed by atoms with Gasteiger partial charge < -0.3 is 13.7 Å². The fraction of sp³-hybridized carbons (Fsp3) is 1.00. The first kappa shape index (κ1) is 35.0. The van der Waals surface area contributed by atoms with Gasteiger partial charge in [-0.3, -0.25) is 12.6 Å². The molecule has 0 aliphatic rings. The minimum Gasteiger partial charge on any atom is -0.759 e. The Hall–Kier alpha value is 2.74. The maximum atomic E-state index is 10.3. The van der Waals surface area contributed by atoms with Gasteiger partial charge in [0.15, 0.2) is 0 Å². The maximum absolute atomic E-state index is 10.3. The summed E-state index contributed by atoms with van der Waals surface area (Å²) in [6.45, 7) is 3.87. The Balaban J connectivity index is -0.0000000933. The Kier molecular flexibility index (Phi) is 31.7. The van der Waals surface area contributed by atoms with Crippen molar-refractivity contribution >= 4 is 20.8 Å². The molecule has 21 heavy (non-hydrogen) atoms. The quantitative estimate of drug-likeness (QED) is 0.185. The first-order chi connectivity index (χ1) is 7.99. The van der Waals surface area contributed by atoms with Crippen molar-refractivity contribution in [3.63, 3.8) is 0 Å². The Morgan fingerprint density at radius 1 is 0.905 bits per heavy atom. The minimum atomic E-state index is -5.17. The number of hydrogen-bond donors (Lipinski definition) is 0. The average Bonchev–Trinajstić information content (AvgIpc) is 2.12. The largest absolute Gasteiger partial charge is 1.00 e. The van der Waals surface area contributed by atoms with Crippen LogP contribution in [0.1, 0.15) is 46.0 Å². The number of hydrogen-bond acceptors (Lipinski definition) is 8. The van der Waals surface area contributed by atoms with Crippen LogP contribution in [0, 0.1) is 0 Å². The molecule has 0 bridgehead atoms. The van der Waals surface area contributed by atoms with E-state index >= 15 is 0 Å². The van der Waals surface area contributed by atoms with Gasteiger partial charge in [0.25, 0.3) is 0 Å². The molecular formula is C8H17Na3O8S2. The van der Waals surface area contributed by atoms with Crippen molar-refractivity contribution < 1.29 is 123 Å². The van der Waals surface area contributed by atoms with Crippen LogP contribution in [0.4, 0.5) is 0 Å². The Morgan fingerprint density at radius 2 is 1.29 bits per heavy atom. The van der Waals surface area contributed by atoms with Crippen molar-refractivity contribution in [1.82, 2.24) is 0 Å². The third kappa shape index (κ3) is 45.0. The molecule has 0 aliphatic heterocycles. The monoisotopic (exact) mass is 374 g/mol. The second-order valence-electron chi connectivity index (χ2n) is 3.44. The van der Waals surface area contributed by atoms with Gasteiger partial charge >= 0.3 is 88.7 Å². The van der Waals surface area contributed by atoms with Gasteiger partial charge in [-0.1, -0.05) is 33.1 Å². The first-order valence-electron chi connectivity index (χ1n) is 5.30. The number of unbranched alkanes of at least 4 members (excludes halogenated alkanes) is 2. The topological polar surface area (TPSA) is 147 Å². The third-order valence-electron chi connectivity index (χ3n) is 1.84. The van der Waals surface area contributed by atoms with Crippen LogP contribution in [0.3, 0.4) is 0 Å². The summed E-state index contributed by atoms with van der Waals surface area (Å²) < 4.78 is 69.2. The molecule has 0 aliphatic carbocycles. The predicted octanol–water partition coefficient (Wildman–Crippen LogP) is -8.50. The van der Waals surface area contributed by atoms with Crippen molar-refractivity contribution in [3.8, 4) is 0 Å². The van der Waals surface area contributed by atoms with E-state index in [0.717, 1.165) is 19.3 Å². The molecule has 0 rings (SSSR count). The molecule has 0 saturated carbocycles. The Labute approximate surface area is 193 Å². The van der Waals surface area contributed by atoms with E-state index in [0.29, 0.717) is 12.8 Å². The summed E-state index contributed by atoms with van der Waals surface area (Å²) in [6, 6.07) is 0. The van der Waals surface area contributed by atoms with Crippen molar-refractivity contribution in [3.05, 3.63) is 0 Å². The Morgan fingerprint density at radius 3 is 1.52 bits per heavy atom. The van der Waals surface area contributed by atoms with Crippen LogP contribution in [0.25, 0.3) is 0 Å². The van der Waals surface area contributed by atoms with E-state index in [1.807, 2.05) is 6.92 Å². The molecule has 1 atom stereocenters. The van der Waals surface area contributed by atoms with Crippen LogP contribution in [-0.4, -0.2) is 36.6 Å². The summed E-state index contributed by atoms with van der Waals surface area (Å²) in [5, 5.41) is 0. The van der Waals surface area contributed by atoms with E-state index in [9.17, 15) is 13.0 Å². The van der Waals surface area contributed by atoms with Crippen LogP contribution in [0.2, 0.25) is 0 Å². The molecule has 0 aromatic rings. The number of rotatable bonds is 7. The van der Waals surface area contributed by atoms with Crippen LogP contribution in [0.15, 0.2) is 0 Å². The summed E-state index contributed by atoms with van der Waals surface area (Å²) >= 11 is 0. The molecule has 0 saturated heterocycles. The van der Waals surface area contributed by atoms with Gasteiger partial charge in [0, 0.05) is 10.4 Å². The molecule has 0 heterocycles. The molecule has 0 fully saturated rings. The van der Waals surface area contributed by atoms with E-state index in [2.05, 4.69) is 11.1 Å². The fourth-order valence-corrected chi connectivity index (χ4v) is 1.67. The Bertz CT molecular complexity index is 390. The predicted molar refractivity (Wildman–Crippen MR) is 59.5 cm³/mol. The van der Waals surface area contributed by atoms with Crippen molar-refractivity contribution in [2.45, 2.75) is 52.1 Å². The molecule has 0 aromatic heterocycles. The first-order valence-corrected chi connectivity index (χ1v) is 7.97. The van der Waals surface area contributed by atoms with Gasteiger partial charge in [0.2, 0.25) is 10.4 Å². The fourth-order valence-electron chi connectivity index (χ4n) is 1.11. The van der Waals surface area contributed by atoms with E-state index < -0.39 is 26.9 Å². The molecule has 8 nitrogen and oxygen atoms in total. The van der Waals surface area contributed by atoms with Gasteiger partial charge in [-0.2, -0.15) is 0 Å². The zero-order valence-corrected chi connectivity index (χ0v) is 20.8. The van der Waals surface area contributed by atoms with E-state index in [-0.39, 0.29) is 88.7 Å². The van der Waals surface area contributed by atoms with Gasteiger partial charge in [-0.15, -0.1) is 0 Å². The molecular weight excluding hydrogens is 357 g/mol. The third-order valence-corrected chi connectivity index (χ3v) is 2.35. The van der Waals surface area contributed by atoms with E-state index in [1.165, 1.54) is 0 Å². The van der Waals surface area contributed by atoms with Crippen molar-refractivity contribution in [2.75, 3.05) is 0 Å². The zero-order valence-electron chi connectivity index (χ0n) is 13.2. The summed E-state index contributed by atoms with van der Waals surface area (Å²) in [7, 11) is -9.69. The second kappa shape index (κ2) is 19.1. The smallest absolute Gasteiger partial charge is 0.759 e. The molecule has 0 aromatic carbocycles. The molecule has 1 unspecified atom stereocenters.